The zero-order valence-electron chi connectivity index (χ0n) is 14.5. The van der Waals surface area contributed by atoms with Gasteiger partial charge in [0.25, 0.3) is 5.91 Å². The fourth-order valence-corrected chi connectivity index (χ4v) is 2.35. The normalized spacial score (nSPS) is 9.93. The van der Waals surface area contributed by atoms with E-state index < -0.39 is 0 Å². The van der Waals surface area contributed by atoms with E-state index in [1.165, 1.54) is 0 Å². The Balaban J connectivity index is 1.52. The fourth-order valence-electron chi connectivity index (χ4n) is 2.35. The molecule has 3 amide bonds. The zero-order chi connectivity index (χ0) is 18.9. The van der Waals surface area contributed by atoms with Crippen LogP contribution in [-0.4, -0.2) is 18.5 Å². The van der Waals surface area contributed by atoms with Crippen LogP contribution in [0, 0.1) is 0 Å². The predicted octanol–water partition coefficient (Wildman–Crippen LogP) is 4.35. The van der Waals surface area contributed by atoms with Crippen LogP contribution in [0.15, 0.2) is 84.9 Å². The van der Waals surface area contributed by atoms with E-state index in [-0.39, 0.29) is 18.5 Å². The van der Waals surface area contributed by atoms with Gasteiger partial charge in [0.2, 0.25) is 0 Å². The summed E-state index contributed by atoms with van der Waals surface area (Å²) >= 11 is 0. The van der Waals surface area contributed by atoms with Crippen LogP contribution in [0.2, 0.25) is 0 Å². The molecule has 0 aliphatic rings. The molecule has 0 atom stereocenters. The third-order valence-electron chi connectivity index (χ3n) is 3.55. The second-order valence-electron chi connectivity index (χ2n) is 5.68. The molecule has 0 spiro atoms. The lowest BCUT2D eigenvalue weighted by Gasteiger charge is -2.10. The molecule has 0 radical (unpaired) electrons. The second kappa shape index (κ2) is 9.05. The molecule has 27 heavy (non-hydrogen) atoms. The van der Waals surface area contributed by atoms with Crippen molar-refractivity contribution in [2.75, 3.05) is 22.6 Å². The van der Waals surface area contributed by atoms with Gasteiger partial charge in [-0.1, -0.05) is 42.5 Å². The number of amides is 3. The average molecular weight is 361 g/mol. The third-order valence-corrected chi connectivity index (χ3v) is 3.55. The Morgan fingerprint density at radius 3 is 1.93 bits per heavy atom. The molecule has 136 valence electrons. The Kier molecular flexibility index (Phi) is 6.04. The summed E-state index contributed by atoms with van der Waals surface area (Å²) in [5.41, 5.74) is 1.82. The quantitative estimate of drug-likeness (QED) is 0.611. The molecule has 0 aromatic heterocycles. The molecule has 6 nitrogen and oxygen atoms in total. The number of para-hydroxylation sites is 2. The Bertz CT molecular complexity index is 899. The van der Waals surface area contributed by atoms with Crippen LogP contribution in [0.5, 0.6) is 5.75 Å². The molecule has 0 heterocycles. The molecular formula is C21H19N3O3. The Morgan fingerprint density at radius 2 is 1.22 bits per heavy atom. The van der Waals surface area contributed by atoms with Crippen molar-refractivity contribution >= 4 is 29.0 Å². The monoisotopic (exact) mass is 361 g/mol. The summed E-state index contributed by atoms with van der Waals surface area (Å²) < 4.78 is 5.41. The highest BCUT2D eigenvalue weighted by molar-refractivity contribution is 6.00. The van der Waals surface area contributed by atoms with Crippen LogP contribution >= 0.6 is 0 Å². The van der Waals surface area contributed by atoms with Crippen molar-refractivity contribution in [3.63, 3.8) is 0 Å². The van der Waals surface area contributed by atoms with Crippen molar-refractivity contribution < 1.29 is 14.3 Å². The van der Waals surface area contributed by atoms with E-state index in [0.717, 1.165) is 0 Å². The number of nitrogens with one attached hydrogen (secondary N) is 3. The molecule has 0 aliphatic carbocycles. The van der Waals surface area contributed by atoms with Crippen LogP contribution in [0.25, 0.3) is 0 Å². The van der Waals surface area contributed by atoms with Crippen molar-refractivity contribution in [2.24, 2.45) is 0 Å². The maximum absolute atomic E-state index is 12.0. The van der Waals surface area contributed by atoms with E-state index in [0.29, 0.717) is 22.8 Å². The largest absolute Gasteiger partial charge is 0.484 e. The molecule has 0 saturated heterocycles. The third kappa shape index (κ3) is 5.89. The van der Waals surface area contributed by atoms with Gasteiger partial charge >= 0.3 is 6.03 Å². The lowest BCUT2D eigenvalue weighted by atomic mass is 10.2. The second-order valence-corrected chi connectivity index (χ2v) is 5.68. The summed E-state index contributed by atoms with van der Waals surface area (Å²) in [5.74, 6) is 0.338. The van der Waals surface area contributed by atoms with E-state index >= 15 is 0 Å². The fraction of sp³-hybridized carbons (Fsp3) is 0.0476. The molecule has 3 N–H and O–H groups in total. The minimum absolute atomic E-state index is 0.101. The van der Waals surface area contributed by atoms with E-state index in [2.05, 4.69) is 16.0 Å². The number of urea groups is 1. The molecule has 0 saturated carbocycles. The van der Waals surface area contributed by atoms with Gasteiger partial charge in [-0.05, 0) is 42.5 Å². The highest BCUT2D eigenvalue weighted by Crippen LogP contribution is 2.16. The first-order valence-electron chi connectivity index (χ1n) is 8.40. The van der Waals surface area contributed by atoms with Gasteiger partial charge in [-0.15, -0.1) is 0 Å². The number of anilines is 3. The van der Waals surface area contributed by atoms with Gasteiger partial charge in [0.1, 0.15) is 5.75 Å². The topological polar surface area (TPSA) is 79.5 Å². The van der Waals surface area contributed by atoms with E-state index in [1.54, 1.807) is 48.5 Å². The average Bonchev–Trinajstić information content (AvgIpc) is 2.68. The van der Waals surface area contributed by atoms with E-state index in [9.17, 15) is 9.59 Å². The maximum Gasteiger partial charge on any atom is 0.323 e. The number of ether oxygens (including phenoxy) is 1. The van der Waals surface area contributed by atoms with Crippen molar-refractivity contribution in [1.82, 2.24) is 0 Å². The first-order valence-corrected chi connectivity index (χ1v) is 8.40. The van der Waals surface area contributed by atoms with E-state index in [1.807, 2.05) is 36.4 Å². The number of hydrogen-bond acceptors (Lipinski definition) is 3. The lowest BCUT2D eigenvalue weighted by Crippen LogP contribution is -2.21. The summed E-state index contributed by atoms with van der Waals surface area (Å²) in [5, 5.41) is 8.20. The van der Waals surface area contributed by atoms with Crippen LogP contribution in [0.1, 0.15) is 0 Å². The predicted molar refractivity (Wildman–Crippen MR) is 106 cm³/mol. The van der Waals surface area contributed by atoms with Gasteiger partial charge in [-0.2, -0.15) is 0 Å². The van der Waals surface area contributed by atoms with Crippen LogP contribution in [0.3, 0.4) is 0 Å². The van der Waals surface area contributed by atoms with Gasteiger partial charge in [0.15, 0.2) is 6.61 Å². The maximum atomic E-state index is 12.0. The molecule has 0 bridgehead atoms. The smallest absolute Gasteiger partial charge is 0.323 e. The molecule has 3 aromatic carbocycles. The summed E-state index contributed by atoms with van der Waals surface area (Å²) in [4.78, 5) is 24.1. The SMILES string of the molecule is O=C(COc1ccccc1)Nc1cccc(NC(=O)Nc2ccccc2)c1. The van der Waals surface area contributed by atoms with Crippen LogP contribution < -0.4 is 20.7 Å². The number of benzene rings is 3. The van der Waals surface area contributed by atoms with Gasteiger partial charge in [0.05, 0.1) is 0 Å². The molecule has 0 unspecified atom stereocenters. The summed E-state index contributed by atoms with van der Waals surface area (Å²) in [6, 6.07) is 24.8. The first kappa shape index (κ1) is 18.0. The lowest BCUT2D eigenvalue weighted by molar-refractivity contribution is -0.118. The summed E-state index contributed by atoms with van der Waals surface area (Å²) in [6.07, 6.45) is 0. The molecule has 0 fully saturated rings. The number of hydrogen-bond donors (Lipinski definition) is 3. The number of carbonyl (C=O) groups is 2. The highest BCUT2D eigenvalue weighted by atomic mass is 16.5. The summed E-state index contributed by atoms with van der Waals surface area (Å²) in [7, 11) is 0. The van der Waals surface area contributed by atoms with Crippen molar-refractivity contribution in [2.45, 2.75) is 0 Å². The molecule has 3 rings (SSSR count). The van der Waals surface area contributed by atoms with Crippen LogP contribution in [-0.2, 0) is 4.79 Å². The van der Waals surface area contributed by atoms with Crippen molar-refractivity contribution in [1.29, 1.82) is 0 Å². The van der Waals surface area contributed by atoms with Gasteiger partial charge < -0.3 is 20.7 Å². The minimum atomic E-state index is -0.364. The van der Waals surface area contributed by atoms with Gasteiger partial charge in [-0.25, -0.2) is 4.79 Å². The molecule has 6 heteroatoms. The minimum Gasteiger partial charge on any atom is -0.484 e. The molecule has 3 aromatic rings. The Hall–Kier alpha value is -3.80. The molecular weight excluding hydrogens is 342 g/mol. The van der Waals surface area contributed by atoms with E-state index in [4.69, 9.17) is 4.74 Å². The standard InChI is InChI=1S/C21H19N3O3/c25-20(15-27-19-12-5-2-6-13-19)22-17-10-7-11-18(14-17)24-21(26)23-16-8-3-1-4-9-16/h1-14H,15H2,(H,22,25)(H2,23,24,26). The van der Waals surface area contributed by atoms with Gasteiger partial charge in [-0.3, -0.25) is 4.79 Å². The number of rotatable bonds is 6. The van der Waals surface area contributed by atoms with Crippen molar-refractivity contribution in [3.8, 4) is 5.75 Å². The van der Waals surface area contributed by atoms with Gasteiger partial charge in [0, 0.05) is 17.1 Å². The zero-order valence-corrected chi connectivity index (χ0v) is 14.5. The first-order chi connectivity index (χ1) is 13.2. The Labute approximate surface area is 157 Å². The van der Waals surface area contributed by atoms with Crippen LogP contribution in [0.4, 0.5) is 21.9 Å². The highest BCUT2D eigenvalue weighted by Gasteiger charge is 2.06. The molecule has 0 aliphatic heterocycles. The summed E-state index contributed by atoms with van der Waals surface area (Å²) in [6.45, 7) is -0.101. The Morgan fingerprint density at radius 1 is 0.667 bits per heavy atom. The van der Waals surface area contributed by atoms with Crippen molar-refractivity contribution in [3.05, 3.63) is 84.9 Å². The number of carbonyl (C=O) groups excluding carboxylic acids is 2.